The number of hydrogen-bond donors (Lipinski definition) is 0. The lowest BCUT2D eigenvalue weighted by Crippen LogP contribution is -2.02. The molecule has 0 amide bonds. The predicted octanol–water partition coefficient (Wildman–Crippen LogP) is 3.94. The van der Waals surface area contributed by atoms with Gasteiger partial charge in [0.05, 0.1) is 10.2 Å². The van der Waals surface area contributed by atoms with Crippen molar-refractivity contribution in [2.45, 2.75) is 0 Å². The second kappa shape index (κ2) is 3.94. The maximum absolute atomic E-state index is 3.69. The van der Waals surface area contributed by atoms with E-state index in [-0.39, 0.29) is 0 Å². The average molecular weight is 255 g/mol. The minimum absolute atomic E-state index is 1.15. The Morgan fingerprint density at radius 1 is 0.526 bits per heavy atom. The molecule has 0 N–H and O–H groups in total. The zero-order valence-electron chi connectivity index (χ0n) is 10.4. The summed E-state index contributed by atoms with van der Waals surface area (Å²) < 4.78 is 0. The second-order valence-electron chi connectivity index (χ2n) is 4.89. The van der Waals surface area contributed by atoms with Crippen LogP contribution in [0.3, 0.4) is 0 Å². The summed E-state index contributed by atoms with van der Waals surface area (Å²) in [5.74, 6) is 0. The lowest BCUT2D eigenvalue weighted by molar-refractivity contribution is 1.79. The third-order valence-electron chi connectivity index (χ3n) is 3.74. The van der Waals surface area contributed by atoms with Crippen molar-refractivity contribution >= 4 is 47.7 Å². The summed E-state index contributed by atoms with van der Waals surface area (Å²) in [7, 11) is 3.69. The normalized spacial score (nSPS) is 11.4. The Bertz CT molecular complexity index is 922. The molecule has 0 unspecified atom stereocenters. The van der Waals surface area contributed by atoms with E-state index < -0.39 is 0 Å². The van der Waals surface area contributed by atoms with Gasteiger partial charge in [0.15, 0.2) is 0 Å². The molecule has 19 heavy (non-hydrogen) atoms. The van der Waals surface area contributed by atoms with E-state index >= 15 is 0 Å². The van der Waals surface area contributed by atoms with Gasteiger partial charge in [0.25, 0.3) is 0 Å². The monoisotopic (exact) mass is 255 g/mol. The van der Waals surface area contributed by atoms with Crippen LogP contribution in [0, 0.1) is 0 Å². The third-order valence-corrected chi connectivity index (χ3v) is 4.18. The van der Waals surface area contributed by atoms with E-state index in [1.165, 1.54) is 32.3 Å². The molecular formula is C18H11Si. The fourth-order valence-electron chi connectivity index (χ4n) is 2.78. The number of hydrogen-bond acceptors (Lipinski definition) is 0. The predicted molar refractivity (Wildman–Crippen MR) is 84.3 cm³/mol. The molecule has 0 aliphatic heterocycles. The first-order valence-electron chi connectivity index (χ1n) is 6.39. The van der Waals surface area contributed by atoms with Gasteiger partial charge in [-0.15, -0.1) is 0 Å². The quantitative estimate of drug-likeness (QED) is 0.254. The van der Waals surface area contributed by atoms with Crippen LogP contribution in [0.25, 0.3) is 32.3 Å². The van der Waals surface area contributed by atoms with Crippen molar-refractivity contribution < 1.29 is 0 Å². The van der Waals surface area contributed by atoms with Gasteiger partial charge in [0, 0.05) is 0 Å². The highest BCUT2D eigenvalue weighted by molar-refractivity contribution is 6.39. The lowest BCUT2D eigenvalue weighted by Gasteiger charge is -2.08. The van der Waals surface area contributed by atoms with Gasteiger partial charge in [-0.25, -0.2) is 0 Å². The summed E-state index contributed by atoms with van der Waals surface area (Å²) >= 11 is 0. The van der Waals surface area contributed by atoms with Gasteiger partial charge in [-0.3, -0.25) is 0 Å². The molecule has 4 aromatic rings. The van der Waals surface area contributed by atoms with Gasteiger partial charge >= 0.3 is 0 Å². The summed E-state index contributed by atoms with van der Waals surface area (Å²) in [4.78, 5) is 0. The first-order valence-corrected chi connectivity index (χ1v) is 6.89. The van der Waals surface area contributed by atoms with Crippen molar-refractivity contribution in [1.82, 2.24) is 0 Å². The zero-order valence-corrected chi connectivity index (χ0v) is 11.4. The smallest absolute Gasteiger partial charge is 0.0632 e. The Hall–Kier alpha value is -2.12. The number of rotatable bonds is 0. The summed E-state index contributed by atoms with van der Waals surface area (Å²) in [5, 5.41) is 8.91. The van der Waals surface area contributed by atoms with Gasteiger partial charge in [-0.1, -0.05) is 59.8 Å². The van der Waals surface area contributed by atoms with Crippen molar-refractivity contribution in [2.75, 3.05) is 0 Å². The second-order valence-corrected chi connectivity index (χ2v) is 5.43. The van der Waals surface area contributed by atoms with Crippen LogP contribution in [-0.4, -0.2) is 10.2 Å². The fourth-order valence-corrected chi connectivity index (χ4v) is 3.10. The largest absolute Gasteiger partial charge is 0.0720 e. The van der Waals surface area contributed by atoms with E-state index in [0.717, 1.165) is 5.19 Å². The van der Waals surface area contributed by atoms with Crippen molar-refractivity contribution in [2.24, 2.45) is 0 Å². The fraction of sp³-hybridized carbons (Fsp3) is 0. The Morgan fingerprint density at radius 3 is 2.16 bits per heavy atom. The molecule has 0 aliphatic rings. The van der Waals surface area contributed by atoms with Crippen molar-refractivity contribution in [3.63, 3.8) is 0 Å². The van der Waals surface area contributed by atoms with Crippen LogP contribution >= 0.6 is 0 Å². The topological polar surface area (TPSA) is 0 Å². The van der Waals surface area contributed by atoms with E-state index in [1.807, 2.05) is 0 Å². The minimum Gasteiger partial charge on any atom is -0.0632 e. The highest BCUT2D eigenvalue weighted by Gasteiger charge is 2.03. The van der Waals surface area contributed by atoms with Gasteiger partial charge < -0.3 is 0 Å². The molecule has 0 spiro atoms. The molecule has 0 aliphatic carbocycles. The zero-order chi connectivity index (χ0) is 12.8. The van der Waals surface area contributed by atoms with Crippen LogP contribution in [0.15, 0.2) is 66.7 Å². The molecule has 0 heterocycles. The molecule has 4 rings (SSSR count). The van der Waals surface area contributed by atoms with E-state index in [2.05, 4.69) is 77.0 Å². The molecule has 0 fully saturated rings. The first-order chi connectivity index (χ1) is 9.33. The molecule has 0 bridgehead atoms. The van der Waals surface area contributed by atoms with Crippen LogP contribution in [0.2, 0.25) is 0 Å². The first kappa shape index (κ1) is 10.8. The van der Waals surface area contributed by atoms with Crippen LogP contribution in [0.1, 0.15) is 0 Å². The van der Waals surface area contributed by atoms with E-state index in [4.69, 9.17) is 0 Å². The van der Waals surface area contributed by atoms with Crippen LogP contribution in [-0.2, 0) is 0 Å². The summed E-state index contributed by atoms with van der Waals surface area (Å²) in [5.41, 5.74) is 0. The maximum atomic E-state index is 3.69. The maximum Gasteiger partial charge on any atom is 0.0720 e. The molecule has 0 saturated heterocycles. The molecule has 0 saturated carbocycles. The molecule has 3 radical (unpaired) electrons. The summed E-state index contributed by atoms with van der Waals surface area (Å²) in [6.07, 6.45) is 0. The van der Waals surface area contributed by atoms with E-state index in [9.17, 15) is 0 Å². The lowest BCUT2D eigenvalue weighted by atomic mass is 9.98. The average Bonchev–Trinajstić information content (AvgIpc) is 2.45. The molecule has 4 aromatic carbocycles. The highest BCUT2D eigenvalue weighted by Crippen LogP contribution is 2.28. The molecule has 0 atom stereocenters. The van der Waals surface area contributed by atoms with Gasteiger partial charge in [0.1, 0.15) is 0 Å². The molecule has 0 aromatic heterocycles. The Balaban J connectivity index is 2.26. The van der Waals surface area contributed by atoms with Crippen molar-refractivity contribution in [1.29, 1.82) is 0 Å². The van der Waals surface area contributed by atoms with Crippen LogP contribution in [0.4, 0.5) is 0 Å². The molecule has 0 nitrogen and oxygen atoms in total. The Morgan fingerprint density at radius 2 is 1.32 bits per heavy atom. The van der Waals surface area contributed by atoms with Crippen molar-refractivity contribution in [3.05, 3.63) is 66.7 Å². The summed E-state index contributed by atoms with van der Waals surface area (Å²) in [6, 6.07) is 23.8. The van der Waals surface area contributed by atoms with Gasteiger partial charge in [-0.2, -0.15) is 0 Å². The number of fused-ring (bicyclic) bond motifs is 4. The standard InChI is InChI=1S/C18H11Si/c19-18-7-3-6-15-16(18)9-8-14-10-12-4-1-2-5-13(12)11-17(14)15/h1-11H. The molecule has 1 heteroatoms. The van der Waals surface area contributed by atoms with Gasteiger partial charge in [0.2, 0.25) is 0 Å². The SMILES string of the molecule is [Si]c1cccc2c1ccc1cc3ccccc3cc12. The Labute approximate surface area is 115 Å². The van der Waals surface area contributed by atoms with Crippen LogP contribution < -0.4 is 5.19 Å². The third kappa shape index (κ3) is 1.59. The van der Waals surface area contributed by atoms with Gasteiger partial charge in [-0.05, 0) is 44.5 Å². The van der Waals surface area contributed by atoms with Crippen molar-refractivity contribution in [3.8, 4) is 0 Å². The number of benzene rings is 4. The van der Waals surface area contributed by atoms with Crippen LogP contribution in [0.5, 0.6) is 0 Å². The summed E-state index contributed by atoms with van der Waals surface area (Å²) in [6.45, 7) is 0. The van der Waals surface area contributed by atoms with E-state index in [0.29, 0.717) is 0 Å². The molecule has 87 valence electrons. The van der Waals surface area contributed by atoms with E-state index in [1.54, 1.807) is 0 Å². The molecular weight excluding hydrogens is 244 g/mol. The minimum atomic E-state index is 1.15. The highest BCUT2D eigenvalue weighted by atomic mass is 28.1. The Kier molecular flexibility index (Phi) is 2.23.